The summed E-state index contributed by atoms with van der Waals surface area (Å²) in [4.78, 5) is 20.3. The Bertz CT molecular complexity index is 804. The van der Waals surface area contributed by atoms with Gasteiger partial charge in [-0.1, -0.05) is 0 Å². The van der Waals surface area contributed by atoms with Gasteiger partial charge in [0.05, 0.1) is 5.69 Å². The quantitative estimate of drug-likeness (QED) is 0.725. The van der Waals surface area contributed by atoms with Gasteiger partial charge in [-0.15, -0.1) is 0 Å². The molecule has 0 radical (unpaired) electrons. The van der Waals surface area contributed by atoms with E-state index in [1.807, 2.05) is 42.6 Å². The average Bonchev–Trinajstić information content (AvgIpc) is 2.66. The zero-order chi connectivity index (χ0) is 13.6. The van der Waals surface area contributed by atoms with Crippen molar-refractivity contribution in [3.63, 3.8) is 0 Å². The average molecular weight is 254 g/mol. The first-order valence-corrected chi connectivity index (χ1v) is 6.08. The fourth-order valence-corrected chi connectivity index (χ4v) is 2.18. The van der Waals surface area contributed by atoms with E-state index in [4.69, 9.17) is 0 Å². The second kappa shape index (κ2) is 4.05. The Balaban J connectivity index is 2.38. The largest absolute Gasteiger partial charge is 0.324 e. The second-order valence-corrected chi connectivity index (χ2v) is 4.71. The van der Waals surface area contributed by atoms with Gasteiger partial charge in [-0.25, -0.2) is 9.97 Å². The Morgan fingerprint density at radius 2 is 2.05 bits per heavy atom. The molecule has 3 aromatic heterocycles. The fourth-order valence-electron chi connectivity index (χ4n) is 2.18. The summed E-state index contributed by atoms with van der Waals surface area (Å²) in [7, 11) is 0. The molecular weight excluding hydrogens is 240 g/mol. The molecule has 0 aliphatic carbocycles. The molecular formula is C14H14N4O. The Kier molecular flexibility index (Phi) is 2.48. The molecule has 0 unspecified atom stereocenters. The number of imidazole rings is 1. The summed E-state index contributed by atoms with van der Waals surface area (Å²) < 4.78 is 1.93. The number of aromatic nitrogens is 3. The van der Waals surface area contributed by atoms with E-state index >= 15 is 0 Å². The molecule has 0 saturated carbocycles. The fraction of sp³-hybridized carbons (Fsp3) is 0.214. The highest BCUT2D eigenvalue weighted by Crippen LogP contribution is 2.24. The van der Waals surface area contributed by atoms with Crippen molar-refractivity contribution in [2.24, 2.45) is 0 Å². The molecule has 0 aliphatic rings. The lowest BCUT2D eigenvalue weighted by Gasteiger charge is -2.04. The number of nitrogens with zero attached hydrogens (tertiary/aromatic N) is 3. The monoisotopic (exact) mass is 254 g/mol. The highest BCUT2D eigenvalue weighted by atomic mass is 16.1. The third-order valence-electron chi connectivity index (χ3n) is 2.96. The standard InChI is InChI=1S/C14H14N4O/c1-8-4-5-18-12(6-8)17-13-11(16-10(3)19)7-9(2)15-14(13)18/h4-7H,1-3H3,(H,15,16,19). The van der Waals surface area contributed by atoms with Crippen LogP contribution in [0.5, 0.6) is 0 Å². The minimum atomic E-state index is -0.111. The minimum absolute atomic E-state index is 0.111. The van der Waals surface area contributed by atoms with E-state index in [0.29, 0.717) is 11.2 Å². The number of anilines is 1. The third kappa shape index (κ3) is 1.93. The van der Waals surface area contributed by atoms with Gasteiger partial charge >= 0.3 is 0 Å². The summed E-state index contributed by atoms with van der Waals surface area (Å²) in [6.45, 7) is 5.41. The maximum absolute atomic E-state index is 11.3. The molecule has 0 bridgehead atoms. The molecule has 5 nitrogen and oxygen atoms in total. The highest BCUT2D eigenvalue weighted by molar-refractivity contribution is 5.98. The van der Waals surface area contributed by atoms with E-state index in [1.165, 1.54) is 6.92 Å². The van der Waals surface area contributed by atoms with Crippen LogP contribution in [0, 0.1) is 13.8 Å². The van der Waals surface area contributed by atoms with Crippen LogP contribution in [0.4, 0.5) is 5.69 Å². The molecule has 3 heterocycles. The lowest BCUT2D eigenvalue weighted by Crippen LogP contribution is -2.07. The number of carbonyl (C=O) groups is 1. The van der Waals surface area contributed by atoms with E-state index in [9.17, 15) is 4.79 Å². The molecule has 19 heavy (non-hydrogen) atoms. The zero-order valence-corrected chi connectivity index (χ0v) is 11.1. The van der Waals surface area contributed by atoms with Crippen molar-refractivity contribution in [1.29, 1.82) is 0 Å². The summed E-state index contributed by atoms with van der Waals surface area (Å²) in [5.74, 6) is -0.111. The lowest BCUT2D eigenvalue weighted by molar-refractivity contribution is -0.114. The summed E-state index contributed by atoms with van der Waals surface area (Å²) in [5, 5.41) is 2.81. The van der Waals surface area contributed by atoms with Crippen LogP contribution < -0.4 is 5.32 Å². The van der Waals surface area contributed by atoms with Gasteiger partial charge in [-0.3, -0.25) is 9.20 Å². The number of carbonyl (C=O) groups excluding carboxylic acids is 1. The van der Waals surface area contributed by atoms with Gasteiger partial charge < -0.3 is 5.32 Å². The van der Waals surface area contributed by atoms with Gasteiger partial charge in [0.25, 0.3) is 0 Å². The molecule has 3 rings (SSSR count). The smallest absolute Gasteiger partial charge is 0.221 e. The van der Waals surface area contributed by atoms with E-state index in [0.717, 1.165) is 22.6 Å². The highest BCUT2D eigenvalue weighted by Gasteiger charge is 2.12. The zero-order valence-electron chi connectivity index (χ0n) is 11.1. The van der Waals surface area contributed by atoms with Gasteiger partial charge in [0.2, 0.25) is 5.91 Å². The third-order valence-corrected chi connectivity index (χ3v) is 2.96. The van der Waals surface area contributed by atoms with E-state index < -0.39 is 0 Å². The number of hydrogen-bond acceptors (Lipinski definition) is 3. The summed E-state index contributed by atoms with van der Waals surface area (Å²) >= 11 is 0. The molecule has 5 heteroatoms. The number of pyridine rings is 2. The maximum atomic E-state index is 11.3. The van der Waals surface area contributed by atoms with Crippen molar-refractivity contribution in [3.8, 4) is 0 Å². The molecule has 3 aromatic rings. The molecule has 0 fully saturated rings. The Morgan fingerprint density at radius 3 is 2.79 bits per heavy atom. The van der Waals surface area contributed by atoms with Crippen LogP contribution in [0.2, 0.25) is 0 Å². The van der Waals surface area contributed by atoms with Crippen LogP contribution >= 0.6 is 0 Å². The minimum Gasteiger partial charge on any atom is -0.324 e. The van der Waals surface area contributed by atoms with E-state index in [-0.39, 0.29) is 5.91 Å². The number of amides is 1. The van der Waals surface area contributed by atoms with Gasteiger partial charge in [-0.05, 0) is 37.6 Å². The molecule has 0 spiro atoms. The van der Waals surface area contributed by atoms with Gasteiger partial charge in [0.15, 0.2) is 5.65 Å². The topological polar surface area (TPSA) is 59.3 Å². The van der Waals surface area contributed by atoms with Crippen molar-refractivity contribution >= 4 is 28.4 Å². The van der Waals surface area contributed by atoms with Crippen molar-refractivity contribution in [3.05, 3.63) is 35.7 Å². The van der Waals surface area contributed by atoms with Crippen LogP contribution in [0.15, 0.2) is 24.4 Å². The van der Waals surface area contributed by atoms with Gasteiger partial charge in [0.1, 0.15) is 11.2 Å². The van der Waals surface area contributed by atoms with Crippen LogP contribution in [0.25, 0.3) is 16.8 Å². The predicted molar refractivity (Wildman–Crippen MR) is 74.3 cm³/mol. The van der Waals surface area contributed by atoms with Crippen molar-refractivity contribution in [2.45, 2.75) is 20.8 Å². The van der Waals surface area contributed by atoms with Crippen LogP contribution in [-0.2, 0) is 4.79 Å². The predicted octanol–water partition coefficient (Wildman–Crippen LogP) is 2.46. The van der Waals surface area contributed by atoms with E-state index in [1.54, 1.807) is 0 Å². The molecule has 0 aliphatic heterocycles. The van der Waals surface area contributed by atoms with Gasteiger partial charge in [-0.2, -0.15) is 0 Å². The molecule has 1 N–H and O–H groups in total. The van der Waals surface area contributed by atoms with E-state index in [2.05, 4.69) is 15.3 Å². The first-order valence-electron chi connectivity index (χ1n) is 6.08. The number of rotatable bonds is 1. The normalized spacial score (nSPS) is 11.1. The lowest BCUT2D eigenvalue weighted by atomic mass is 10.3. The second-order valence-electron chi connectivity index (χ2n) is 4.71. The molecule has 0 atom stereocenters. The van der Waals surface area contributed by atoms with Crippen LogP contribution in [0.3, 0.4) is 0 Å². The Labute approximate surface area is 110 Å². The first kappa shape index (κ1) is 11.6. The summed E-state index contributed by atoms with van der Waals surface area (Å²) in [6, 6.07) is 5.84. The summed E-state index contributed by atoms with van der Waals surface area (Å²) in [5.41, 5.74) is 5.00. The van der Waals surface area contributed by atoms with Crippen molar-refractivity contribution in [1.82, 2.24) is 14.4 Å². The number of nitrogens with one attached hydrogen (secondary N) is 1. The molecule has 0 aromatic carbocycles. The molecule has 0 saturated heterocycles. The number of hydrogen-bond donors (Lipinski definition) is 1. The molecule has 96 valence electrons. The first-order chi connectivity index (χ1) is 9.04. The van der Waals surface area contributed by atoms with Crippen molar-refractivity contribution in [2.75, 3.05) is 5.32 Å². The Morgan fingerprint density at radius 1 is 1.26 bits per heavy atom. The number of aryl methyl sites for hydroxylation is 2. The maximum Gasteiger partial charge on any atom is 0.221 e. The SMILES string of the molecule is CC(=O)Nc1cc(C)nc2c1nc1cc(C)ccn12. The van der Waals surface area contributed by atoms with Crippen LogP contribution in [-0.4, -0.2) is 20.3 Å². The number of fused-ring (bicyclic) bond motifs is 3. The Hall–Kier alpha value is -2.43. The van der Waals surface area contributed by atoms with Crippen LogP contribution in [0.1, 0.15) is 18.2 Å². The summed E-state index contributed by atoms with van der Waals surface area (Å²) in [6.07, 6.45) is 1.95. The van der Waals surface area contributed by atoms with Gasteiger partial charge in [0, 0.05) is 18.8 Å². The molecule has 1 amide bonds. The van der Waals surface area contributed by atoms with Crippen molar-refractivity contribution < 1.29 is 4.79 Å².